The molecule has 0 unspecified atom stereocenters. The molecule has 0 spiro atoms. The molecule has 0 fully saturated rings. The molecule has 0 heterocycles. The predicted octanol–water partition coefficient (Wildman–Crippen LogP) is 0.390. The van der Waals surface area contributed by atoms with E-state index in [1.807, 2.05) is 24.3 Å². The van der Waals surface area contributed by atoms with Crippen molar-refractivity contribution < 1.29 is 21.8 Å². The number of halogens is 2. The molecule has 1 aromatic rings. The molecule has 78 valence electrons. The number of rotatable bonds is 3. The number of hydrogen-bond acceptors (Lipinski definition) is 1. The minimum Gasteiger partial charge on any atom is -1.00 e. The summed E-state index contributed by atoms with van der Waals surface area (Å²) < 4.78 is 1.02. The Hall–Kier alpha value is 0.369. The number of carbonyl (C=O) groups is 1. The Morgan fingerprint density at radius 1 is 1.29 bits per heavy atom. The van der Waals surface area contributed by atoms with E-state index in [4.69, 9.17) is 0 Å². The molecule has 14 heavy (non-hydrogen) atoms. The van der Waals surface area contributed by atoms with E-state index in [2.05, 4.69) is 27.6 Å². The van der Waals surface area contributed by atoms with Gasteiger partial charge in [-0.1, -0.05) is 0 Å². The average molecular weight is 387 g/mol. The van der Waals surface area contributed by atoms with Crippen LogP contribution in [0.25, 0.3) is 0 Å². The third-order valence-corrected chi connectivity index (χ3v) is 3.88. The quantitative estimate of drug-likeness (QED) is 0.542. The minimum absolute atomic E-state index is 0. The fourth-order valence-electron chi connectivity index (χ4n) is 0.981. The van der Waals surface area contributed by atoms with Crippen LogP contribution in [-0.2, 0) is 0 Å². The summed E-state index contributed by atoms with van der Waals surface area (Å²) in [6.45, 7) is 0. The molecule has 0 aromatic heterocycles. The molecule has 0 aliphatic rings. The summed E-state index contributed by atoms with van der Waals surface area (Å²) in [5.41, 5.74) is 0.834. The summed E-state index contributed by atoms with van der Waals surface area (Å²) >= 11 is 2.69. The minimum atomic E-state index is -0.652. The van der Waals surface area contributed by atoms with Crippen LogP contribution in [0.4, 0.5) is 0 Å². The molecule has 1 nitrogen and oxygen atoms in total. The average Bonchev–Trinajstić information content (AvgIpc) is 2.04. The van der Waals surface area contributed by atoms with Crippen molar-refractivity contribution >= 4 is 35.6 Å². The van der Waals surface area contributed by atoms with Gasteiger partial charge in [0.2, 0.25) is 0 Å². The normalized spacial score (nSPS) is 9.71. The van der Waals surface area contributed by atoms with Crippen LogP contribution in [0.15, 0.2) is 28.7 Å². The summed E-state index contributed by atoms with van der Waals surface area (Å²) in [5, 5.41) is 0.752. The zero-order valence-corrected chi connectivity index (χ0v) is 13.0. The van der Waals surface area contributed by atoms with E-state index in [0.29, 0.717) is 0 Å². The molecular formula is C10H12Br2OSe. The maximum Gasteiger partial charge on any atom is -1.00 e. The van der Waals surface area contributed by atoms with Gasteiger partial charge < -0.3 is 17.0 Å². The Morgan fingerprint density at radius 2 is 1.79 bits per heavy atom. The molecule has 0 aliphatic carbocycles. The fourth-order valence-corrected chi connectivity index (χ4v) is 2.70. The Bertz CT molecular complexity index is 295. The van der Waals surface area contributed by atoms with Gasteiger partial charge in [-0.05, 0) is 0 Å². The third-order valence-electron chi connectivity index (χ3n) is 1.59. The number of ketones is 1. The van der Waals surface area contributed by atoms with Gasteiger partial charge in [0.15, 0.2) is 0 Å². The first-order chi connectivity index (χ1) is 6.09. The van der Waals surface area contributed by atoms with Crippen molar-refractivity contribution in [3.05, 3.63) is 34.3 Å². The Balaban J connectivity index is 0.00000169. The monoisotopic (exact) mass is 386 g/mol. The SMILES string of the molecule is C[Se+](C)CC(=O)c1ccc(Br)cc1.[Br-]. The third kappa shape index (κ3) is 4.74. The Kier molecular flexibility index (Phi) is 6.96. The van der Waals surface area contributed by atoms with Crippen molar-refractivity contribution in [1.29, 1.82) is 0 Å². The maximum absolute atomic E-state index is 11.6. The van der Waals surface area contributed by atoms with Crippen LogP contribution in [0.1, 0.15) is 10.4 Å². The van der Waals surface area contributed by atoms with Crippen molar-refractivity contribution in [1.82, 2.24) is 0 Å². The predicted molar refractivity (Wildman–Crippen MR) is 60.8 cm³/mol. The fraction of sp³-hybridized carbons (Fsp3) is 0.300. The van der Waals surface area contributed by atoms with E-state index in [0.717, 1.165) is 15.4 Å². The second-order valence-corrected chi connectivity index (χ2v) is 8.72. The molecule has 0 bridgehead atoms. The first kappa shape index (κ1) is 14.4. The van der Waals surface area contributed by atoms with E-state index < -0.39 is 13.9 Å². The molecule has 0 amide bonds. The largest absolute Gasteiger partial charge is 1.00 e. The molecule has 0 saturated heterocycles. The van der Waals surface area contributed by atoms with E-state index >= 15 is 0 Å². The molecule has 1 rings (SSSR count). The topological polar surface area (TPSA) is 17.1 Å². The van der Waals surface area contributed by atoms with E-state index in [1.54, 1.807) is 0 Å². The molecule has 0 N–H and O–H groups in total. The molecule has 1 aromatic carbocycles. The summed E-state index contributed by atoms with van der Waals surface area (Å²) in [4.78, 5) is 11.6. The molecule has 4 heteroatoms. The van der Waals surface area contributed by atoms with Crippen LogP contribution >= 0.6 is 15.9 Å². The van der Waals surface area contributed by atoms with Crippen molar-refractivity contribution in [3.63, 3.8) is 0 Å². The van der Waals surface area contributed by atoms with Crippen LogP contribution in [0, 0.1) is 0 Å². The summed E-state index contributed by atoms with van der Waals surface area (Å²) in [6, 6.07) is 7.57. The number of benzene rings is 1. The van der Waals surface area contributed by atoms with Crippen LogP contribution in [0.5, 0.6) is 0 Å². The van der Waals surface area contributed by atoms with Gasteiger partial charge in [-0.3, -0.25) is 0 Å². The second kappa shape index (κ2) is 6.78. The summed E-state index contributed by atoms with van der Waals surface area (Å²) in [7, 11) is 0. The van der Waals surface area contributed by atoms with Crippen LogP contribution < -0.4 is 17.0 Å². The maximum atomic E-state index is 11.6. The number of Topliss-reactive ketones (excluding diaryl/α,β-unsaturated/α-hetero) is 1. The van der Waals surface area contributed by atoms with Gasteiger partial charge in [0.1, 0.15) is 0 Å². The van der Waals surface area contributed by atoms with E-state index in [1.165, 1.54) is 0 Å². The van der Waals surface area contributed by atoms with E-state index in [9.17, 15) is 4.79 Å². The van der Waals surface area contributed by atoms with Gasteiger partial charge in [0.05, 0.1) is 0 Å². The number of carbonyl (C=O) groups excluding carboxylic acids is 1. The van der Waals surface area contributed by atoms with Crippen LogP contribution in [-0.4, -0.2) is 19.7 Å². The zero-order chi connectivity index (χ0) is 9.84. The van der Waals surface area contributed by atoms with Crippen molar-refractivity contribution in [2.75, 3.05) is 0 Å². The first-order valence-electron chi connectivity index (χ1n) is 3.92. The van der Waals surface area contributed by atoms with Gasteiger partial charge in [-0.25, -0.2) is 0 Å². The van der Waals surface area contributed by atoms with Crippen LogP contribution in [0.2, 0.25) is 17.0 Å². The number of hydrogen-bond donors (Lipinski definition) is 0. The van der Waals surface area contributed by atoms with Crippen molar-refractivity contribution in [3.8, 4) is 0 Å². The smallest absolute Gasteiger partial charge is 1.00 e. The molecule has 0 atom stereocenters. The summed E-state index contributed by atoms with van der Waals surface area (Å²) in [6.07, 6.45) is 0. The second-order valence-electron chi connectivity index (χ2n) is 3.06. The molecule has 0 aliphatic heterocycles. The van der Waals surface area contributed by atoms with E-state index in [-0.39, 0.29) is 22.8 Å². The summed E-state index contributed by atoms with van der Waals surface area (Å²) in [5.74, 6) is 4.63. The van der Waals surface area contributed by atoms with Gasteiger partial charge >= 0.3 is 91.7 Å². The van der Waals surface area contributed by atoms with Crippen LogP contribution in [0.3, 0.4) is 0 Å². The van der Waals surface area contributed by atoms with Crippen molar-refractivity contribution in [2.24, 2.45) is 0 Å². The standard InChI is InChI=1S/C10H12BrOSe.BrH/c1-13(2)7-10(12)8-3-5-9(11)6-4-8;/h3-6H,7H2,1-2H3;1H/q+1;/p-1. The Morgan fingerprint density at radius 3 is 2.21 bits per heavy atom. The van der Waals surface area contributed by atoms with Gasteiger partial charge in [0.25, 0.3) is 0 Å². The van der Waals surface area contributed by atoms with Gasteiger partial charge in [-0.2, -0.15) is 0 Å². The molecule has 0 saturated carbocycles. The molecular weight excluding hydrogens is 375 g/mol. The van der Waals surface area contributed by atoms with Crippen molar-refractivity contribution in [2.45, 2.75) is 17.0 Å². The van der Waals surface area contributed by atoms with Gasteiger partial charge in [0, 0.05) is 0 Å². The first-order valence-corrected chi connectivity index (χ1v) is 9.35. The Labute approximate surface area is 108 Å². The molecule has 0 radical (unpaired) electrons. The zero-order valence-electron chi connectivity index (χ0n) is 8.09. The van der Waals surface area contributed by atoms with Gasteiger partial charge in [-0.15, -0.1) is 0 Å².